The minimum atomic E-state index is -0.746. The molecular formula is C15H20O4. The smallest absolute Gasteiger partial charge is 0.348 e. The Morgan fingerprint density at radius 3 is 2.63 bits per heavy atom. The summed E-state index contributed by atoms with van der Waals surface area (Å²) in [7, 11) is 0. The van der Waals surface area contributed by atoms with E-state index in [0.29, 0.717) is 12.5 Å². The summed E-state index contributed by atoms with van der Waals surface area (Å²) in [5, 5.41) is 0. The van der Waals surface area contributed by atoms with Gasteiger partial charge in [-0.05, 0) is 31.1 Å². The van der Waals surface area contributed by atoms with E-state index in [1.54, 1.807) is 0 Å². The van der Waals surface area contributed by atoms with E-state index in [1.165, 1.54) is 6.42 Å². The summed E-state index contributed by atoms with van der Waals surface area (Å²) < 4.78 is 10.5. The second-order valence-electron chi connectivity index (χ2n) is 6.64. The Balaban J connectivity index is 1.69. The summed E-state index contributed by atoms with van der Waals surface area (Å²) in [6, 6.07) is 0. The molecule has 2 fully saturated rings. The predicted octanol–water partition coefficient (Wildman–Crippen LogP) is 2.08. The first-order chi connectivity index (χ1) is 8.97. The summed E-state index contributed by atoms with van der Waals surface area (Å²) in [5.74, 6) is 0.0860. The van der Waals surface area contributed by atoms with E-state index in [2.05, 4.69) is 12.2 Å². The lowest BCUT2D eigenvalue weighted by Gasteiger charge is -2.37. The fourth-order valence-electron chi connectivity index (χ4n) is 3.34. The lowest BCUT2D eigenvalue weighted by Crippen LogP contribution is -2.40. The monoisotopic (exact) mass is 264 g/mol. The van der Waals surface area contributed by atoms with E-state index in [0.717, 1.165) is 12.8 Å². The number of cyclic esters (lactones) is 1. The Kier molecular flexibility index (Phi) is 2.91. The van der Waals surface area contributed by atoms with E-state index in [4.69, 9.17) is 9.47 Å². The number of rotatable bonds is 2. The number of esters is 2. The maximum atomic E-state index is 12.3. The van der Waals surface area contributed by atoms with Gasteiger partial charge in [-0.3, -0.25) is 4.79 Å². The molecule has 0 radical (unpaired) electrons. The van der Waals surface area contributed by atoms with E-state index in [-0.39, 0.29) is 17.8 Å². The van der Waals surface area contributed by atoms with E-state index >= 15 is 0 Å². The van der Waals surface area contributed by atoms with Crippen LogP contribution in [-0.2, 0) is 19.1 Å². The Bertz CT molecular complexity index is 437. The molecule has 4 rings (SSSR count). The molecule has 4 heteroatoms. The molecule has 0 amide bonds. The molecule has 1 aliphatic heterocycles. The van der Waals surface area contributed by atoms with Gasteiger partial charge in [-0.1, -0.05) is 26.0 Å². The molecule has 1 saturated carbocycles. The maximum Gasteiger partial charge on any atom is 0.348 e. The van der Waals surface area contributed by atoms with Crippen molar-refractivity contribution in [2.24, 2.45) is 23.2 Å². The molecule has 4 unspecified atom stereocenters. The predicted molar refractivity (Wildman–Crippen MR) is 68.1 cm³/mol. The molecule has 1 heterocycles. The fourth-order valence-corrected chi connectivity index (χ4v) is 3.34. The summed E-state index contributed by atoms with van der Waals surface area (Å²) in [6.45, 7) is 4.10. The molecule has 0 aromatic heterocycles. The first-order valence-corrected chi connectivity index (χ1v) is 7.03. The van der Waals surface area contributed by atoms with Crippen LogP contribution in [0.15, 0.2) is 12.2 Å². The molecule has 2 bridgehead atoms. The third-order valence-electron chi connectivity index (χ3n) is 4.62. The number of ether oxygens (including phenoxy) is 2. The van der Waals surface area contributed by atoms with E-state index < -0.39 is 17.5 Å². The van der Waals surface area contributed by atoms with Gasteiger partial charge in [-0.15, -0.1) is 0 Å². The minimum Gasteiger partial charge on any atom is -0.462 e. The van der Waals surface area contributed by atoms with Crippen molar-refractivity contribution in [3.05, 3.63) is 12.2 Å². The zero-order valence-corrected chi connectivity index (χ0v) is 11.4. The topological polar surface area (TPSA) is 52.6 Å². The molecule has 0 aromatic carbocycles. The van der Waals surface area contributed by atoms with Crippen molar-refractivity contribution in [3.63, 3.8) is 0 Å². The Labute approximate surface area is 113 Å². The average molecular weight is 264 g/mol. The van der Waals surface area contributed by atoms with Crippen LogP contribution in [-0.4, -0.2) is 24.6 Å². The van der Waals surface area contributed by atoms with Gasteiger partial charge in [0.1, 0.15) is 6.61 Å². The zero-order chi connectivity index (χ0) is 13.6. The molecule has 19 heavy (non-hydrogen) atoms. The molecule has 0 aromatic rings. The largest absolute Gasteiger partial charge is 0.462 e. The highest BCUT2D eigenvalue weighted by Crippen LogP contribution is 2.42. The number of hydrogen-bond acceptors (Lipinski definition) is 4. The van der Waals surface area contributed by atoms with Crippen molar-refractivity contribution in [2.75, 3.05) is 6.61 Å². The Morgan fingerprint density at radius 1 is 1.37 bits per heavy atom. The molecule has 1 saturated heterocycles. The van der Waals surface area contributed by atoms with E-state index in [9.17, 15) is 9.59 Å². The average Bonchev–Trinajstić information content (AvgIpc) is 2.67. The van der Waals surface area contributed by atoms with Gasteiger partial charge < -0.3 is 9.47 Å². The van der Waals surface area contributed by atoms with Gasteiger partial charge in [0.15, 0.2) is 0 Å². The SMILES string of the molecule is CC1(C)COC(=O)C1OC(=O)C1CC2C=CC1CC2. The van der Waals surface area contributed by atoms with Gasteiger partial charge in [0.2, 0.25) is 6.10 Å². The molecule has 4 atom stereocenters. The van der Waals surface area contributed by atoms with E-state index in [1.807, 2.05) is 13.8 Å². The van der Waals surface area contributed by atoms with Crippen molar-refractivity contribution in [1.82, 2.24) is 0 Å². The van der Waals surface area contributed by atoms with Crippen LogP contribution in [0.1, 0.15) is 33.1 Å². The summed E-state index contributed by atoms with van der Waals surface area (Å²) in [6.07, 6.45) is 6.70. The molecule has 0 spiro atoms. The Hall–Kier alpha value is -1.32. The quantitative estimate of drug-likeness (QED) is 0.566. The number of carbonyl (C=O) groups is 2. The first-order valence-electron chi connectivity index (χ1n) is 7.03. The second-order valence-corrected chi connectivity index (χ2v) is 6.64. The van der Waals surface area contributed by atoms with Crippen LogP contribution in [0.4, 0.5) is 0 Å². The van der Waals surface area contributed by atoms with Crippen LogP contribution in [0.5, 0.6) is 0 Å². The van der Waals surface area contributed by atoms with Gasteiger partial charge in [0, 0.05) is 5.41 Å². The molecule has 0 N–H and O–H groups in total. The van der Waals surface area contributed by atoms with Gasteiger partial charge >= 0.3 is 11.9 Å². The standard InChI is InChI=1S/C15H20O4/c1-15(2)8-18-14(17)12(15)19-13(16)11-7-9-3-5-10(11)6-4-9/h3,5,9-12H,4,6-8H2,1-2H3. The molecule has 4 aliphatic rings. The van der Waals surface area contributed by atoms with Gasteiger partial charge in [0.25, 0.3) is 0 Å². The normalized spacial score (nSPS) is 39.2. The maximum absolute atomic E-state index is 12.3. The zero-order valence-electron chi connectivity index (χ0n) is 11.4. The highest BCUT2D eigenvalue weighted by atomic mass is 16.6. The third-order valence-corrected chi connectivity index (χ3v) is 4.62. The molecule has 3 aliphatic carbocycles. The van der Waals surface area contributed by atoms with Crippen LogP contribution in [0.25, 0.3) is 0 Å². The number of hydrogen-bond donors (Lipinski definition) is 0. The fraction of sp³-hybridized carbons (Fsp3) is 0.733. The second kappa shape index (κ2) is 4.36. The van der Waals surface area contributed by atoms with Crippen molar-refractivity contribution < 1.29 is 19.1 Å². The molecule has 104 valence electrons. The number of allylic oxidation sites excluding steroid dienone is 2. The van der Waals surface area contributed by atoms with Crippen LogP contribution < -0.4 is 0 Å². The lowest BCUT2D eigenvalue weighted by atomic mass is 9.69. The van der Waals surface area contributed by atoms with Crippen LogP contribution >= 0.6 is 0 Å². The summed E-state index contributed by atoms with van der Waals surface area (Å²) in [5.41, 5.74) is -0.420. The van der Waals surface area contributed by atoms with Crippen molar-refractivity contribution >= 4 is 11.9 Å². The summed E-state index contributed by atoms with van der Waals surface area (Å²) in [4.78, 5) is 24.0. The van der Waals surface area contributed by atoms with Crippen molar-refractivity contribution in [3.8, 4) is 0 Å². The van der Waals surface area contributed by atoms with Gasteiger partial charge in [-0.25, -0.2) is 4.79 Å². The third kappa shape index (κ3) is 2.17. The highest BCUT2D eigenvalue weighted by Gasteiger charge is 2.48. The van der Waals surface area contributed by atoms with Crippen molar-refractivity contribution in [2.45, 2.75) is 39.2 Å². The van der Waals surface area contributed by atoms with Gasteiger partial charge in [0.05, 0.1) is 5.92 Å². The Morgan fingerprint density at radius 2 is 2.16 bits per heavy atom. The first kappa shape index (κ1) is 12.7. The molecule has 4 nitrogen and oxygen atoms in total. The molecular weight excluding hydrogens is 244 g/mol. The minimum absolute atomic E-state index is 0.0760. The highest BCUT2D eigenvalue weighted by molar-refractivity contribution is 5.83. The summed E-state index contributed by atoms with van der Waals surface area (Å²) >= 11 is 0. The number of carbonyl (C=O) groups excluding carboxylic acids is 2. The van der Waals surface area contributed by atoms with Crippen LogP contribution in [0.2, 0.25) is 0 Å². The van der Waals surface area contributed by atoms with Crippen molar-refractivity contribution in [1.29, 1.82) is 0 Å². The van der Waals surface area contributed by atoms with Crippen LogP contribution in [0, 0.1) is 23.2 Å². The van der Waals surface area contributed by atoms with Crippen LogP contribution in [0.3, 0.4) is 0 Å². The van der Waals surface area contributed by atoms with Gasteiger partial charge in [-0.2, -0.15) is 0 Å². The number of fused-ring (bicyclic) bond motifs is 2. The lowest BCUT2D eigenvalue weighted by molar-refractivity contribution is -0.168.